The zero-order chi connectivity index (χ0) is 18.7. The second-order valence-corrected chi connectivity index (χ2v) is 8.12. The number of hydrogen-bond acceptors (Lipinski definition) is 6. The highest BCUT2D eigenvalue weighted by Gasteiger charge is 2.35. The standard InChI is InChI=1S/C17H18FN3O3S2/c18-11-3-1-10(2-4-11)15(19)13-5-6-14(22)21(13)7-8-25-17-20-12(9-26-17)16(23)24/h1-4,9,13,15H,5-8,19H2,(H,23,24)/t13-,15?/m1/s1. The van der Waals surface area contributed by atoms with Crippen molar-refractivity contribution in [3.63, 3.8) is 0 Å². The molecule has 9 heteroatoms. The Morgan fingerprint density at radius 2 is 2.19 bits per heavy atom. The minimum absolute atomic E-state index is 0.0333. The number of benzene rings is 1. The maximum atomic E-state index is 13.1. The summed E-state index contributed by atoms with van der Waals surface area (Å²) in [5.74, 6) is -0.710. The average molecular weight is 395 g/mol. The normalized spacial score (nSPS) is 18.3. The molecule has 0 radical (unpaired) electrons. The number of aromatic carboxylic acids is 1. The molecule has 1 unspecified atom stereocenters. The van der Waals surface area contributed by atoms with Crippen LogP contribution in [0.15, 0.2) is 34.0 Å². The molecular formula is C17H18FN3O3S2. The Labute approximate surface area is 158 Å². The molecule has 2 heterocycles. The summed E-state index contributed by atoms with van der Waals surface area (Å²) < 4.78 is 13.8. The van der Waals surface area contributed by atoms with Crippen LogP contribution in [0.1, 0.15) is 34.9 Å². The van der Waals surface area contributed by atoms with Gasteiger partial charge in [0.05, 0.1) is 12.1 Å². The fraction of sp³-hybridized carbons (Fsp3) is 0.353. The monoisotopic (exact) mass is 395 g/mol. The third-order valence-electron chi connectivity index (χ3n) is 4.30. The topological polar surface area (TPSA) is 96.5 Å². The van der Waals surface area contributed by atoms with Crippen molar-refractivity contribution in [1.82, 2.24) is 9.88 Å². The quantitative estimate of drug-likeness (QED) is 0.700. The molecular weight excluding hydrogens is 377 g/mol. The number of halogens is 1. The van der Waals surface area contributed by atoms with Gasteiger partial charge in [0.1, 0.15) is 5.82 Å². The van der Waals surface area contributed by atoms with Crippen LogP contribution in [0.25, 0.3) is 0 Å². The largest absolute Gasteiger partial charge is 0.476 e. The number of amides is 1. The van der Waals surface area contributed by atoms with E-state index in [4.69, 9.17) is 10.8 Å². The van der Waals surface area contributed by atoms with E-state index in [2.05, 4.69) is 4.98 Å². The molecule has 0 aliphatic carbocycles. The summed E-state index contributed by atoms with van der Waals surface area (Å²) in [5.41, 5.74) is 7.16. The maximum Gasteiger partial charge on any atom is 0.355 e. The number of nitrogens with zero attached hydrogens (tertiary/aromatic N) is 2. The van der Waals surface area contributed by atoms with Crippen LogP contribution >= 0.6 is 23.1 Å². The van der Waals surface area contributed by atoms with Crippen molar-refractivity contribution in [2.75, 3.05) is 12.3 Å². The molecule has 1 fully saturated rings. The average Bonchev–Trinajstić information content (AvgIpc) is 3.23. The molecule has 1 aromatic carbocycles. The third kappa shape index (κ3) is 4.22. The van der Waals surface area contributed by atoms with Gasteiger partial charge in [-0.1, -0.05) is 23.9 Å². The lowest BCUT2D eigenvalue weighted by Crippen LogP contribution is -2.41. The molecule has 1 aromatic heterocycles. The minimum atomic E-state index is -1.05. The third-order valence-corrected chi connectivity index (χ3v) is 6.31. The van der Waals surface area contributed by atoms with Gasteiger partial charge in [-0.3, -0.25) is 4.79 Å². The van der Waals surface area contributed by atoms with E-state index in [0.29, 0.717) is 29.5 Å². The summed E-state index contributed by atoms with van der Waals surface area (Å²) in [6.45, 7) is 0.505. The number of thioether (sulfide) groups is 1. The van der Waals surface area contributed by atoms with Gasteiger partial charge in [-0.25, -0.2) is 14.2 Å². The van der Waals surface area contributed by atoms with Crippen LogP contribution in [0.3, 0.4) is 0 Å². The van der Waals surface area contributed by atoms with E-state index in [0.717, 1.165) is 5.56 Å². The Balaban J connectivity index is 1.60. The van der Waals surface area contributed by atoms with Crippen LogP contribution in [0.5, 0.6) is 0 Å². The van der Waals surface area contributed by atoms with Gasteiger partial charge >= 0.3 is 5.97 Å². The molecule has 3 N–H and O–H groups in total. The van der Waals surface area contributed by atoms with Crippen LogP contribution in [-0.2, 0) is 4.79 Å². The summed E-state index contributed by atoms with van der Waals surface area (Å²) in [5, 5.41) is 10.4. The zero-order valence-corrected chi connectivity index (χ0v) is 15.4. The molecule has 1 amide bonds. The predicted octanol–water partition coefficient (Wildman–Crippen LogP) is 2.76. The van der Waals surface area contributed by atoms with E-state index in [1.54, 1.807) is 17.0 Å². The van der Waals surface area contributed by atoms with E-state index >= 15 is 0 Å². The second kappa shape index (κ2) is 8.15. The number of carboxylic acid groups (broad SMARTS) is 1. The van der Waals surface area contributed by atoms with Gasteiger partial charge in [0, 0.05) is 24.1 Å². The van der Waals surface area contributed by atoms with Gasteiger partial charge in [0.15, 0.2) is 10.0 Å². The van der Waals surface area contributed by atoms with Crippen molar-refractivity contribution in [3.8, 4) is 0 Å². The lowest BCUT2D eigenvalue weighted by atomic mass is 9.98. The number of aromatic nitrogens is 1. The van der Waals surface area contributed by atoms with Crippen LogP contribution in [0.2, 0.25) is 0 Å². The molecule has 0 bridgehead atoms. The number of nitrogens with two attached hydrogens (primary N) is 1. The summed E-state index contributed by atoms with van der Waals surface area (Å²) >= 11 is 2.69. The molecule has 1 saturated heterocycles. The number of likely N-dealkylation sites (tertiary alicyclic amines) is 1. The number of rotatable bonds is 7. The van der Waals surface area contributed by atoms with Gasteiger partial charge in [-0.15, -0.1) is 11.3 Å². The van der Waals surface area contributed by atoms with E-state index in [-0.39, 0.29) is 29.5 Å². The van der Waals surface area contributed by atoms with Gasteiger partial charge in [0.2, 0.25) is 5.91 Å². The number of thiazole rings is 1. The van der Waals surface area contributed by atoms with Crippen LogP contribution in [0.4, 0.5) is 4.39 Å². The van der Waals surface area contributed by atoms with Crippen LogP contribution in [-0.4, -0.2) is 45.2 Å². The van der Waals surface area contributed by atoms with E-state index < -0.39 is 5.97 Å². The Morgan fingerprint density at radius 1 is 1.46 bits per heavy atom. The molecule has 0 saturated carbocycles. The van der Waals surface area contributed by atoms with Crippen LogP contribution in [0, 0.1) is 5.82 Å². The van der Waals surface area contributed by atoms with Crippen molar-refractivity contribution in [3.05, 3.63) is 46.7 Å². The summed E-state index contributed by atoms with van der Waals surface area (Å²) in [4.78, 5) is 28.9. The van der Waals surface area contributed by atoms with E-state index in [1.807, 2.05) is 0 Å². The molecule has 0 spiro atoms. The van der Waals surface area contributed by atoms with Gasteiger partial charge in [-0.05, 0) is 24.1 Å². The van der Waals surface area contributed by atoms with Gasteiger partial charge in [0.25, 0.3) is 0 Å². The molecule has 6 nitrogen and oxygen atoms in total. The molecule has 26 heavy (non-hydrogen) atoms. The van der Waals surface area contributed by atoms with E-state index in [9.17, 15) is 14.0 Å². The first-order valence-corrected chi connectivity index (χ1v) is 9.94. The van der Waals surface area contributed by atoms with Crippen molar-refractivity contribution in [2.24, 2.45) is 5.73 Å². The number of hydrogen-bond donors (Lipinski definition) is 2. The maximum absolute atomic E-state index is 13.1. The molecule has 138 valence electrons. The first kappa shape index (κ1) is 18.8. The predicted molar refractivity (Wildman–Crippen MR) is 97.9 cm³/mol. The van der Waals surface area contributed by atoms with Gasteiger partial charge in [-0.2, -0.15) is 0 Å². The summed E-state index contributed by atoms with van der Waals surface area (Å²) in [6.07, 6.45) is 1.12. The summed E-state index contributed by atoms with van der Waals surface area (Å²) in [7, 11) is 0. The minimum Gasteiger partial charge on any atom is -0.476 e. The fourth-order valence-electron chi connectivity index (χ4n) is 2.98. The Hall–Kier alpha value is -1.97. The Morgan fingerprint density at radius 3 is 2.85 bits per heavy atom. The molecule has 3 rings (SSSR count). The zero-order valence-electron chi connectivity index (χ0n) is 13.8. The molecule has 2 aromatic rings. The Kier molecular flexibility index (Phi) is 5.90. The van der Waals surface area contributed by atoms with Crippen molar-refractivity contribution < 1.29 is 19.1 Å². The number of carbonyl (C=O) groups is 2. The fourth-order valence-corrected chi connectivity index (χ4v) is 4.79. The highest BCUT2D eigenvalue weighted by Crippen LogP contribution is 2.30. The number of carboxylic acids is 1. The van der Waals surface area contributed by atoms with E-state index in [1.165, 1.54) is 40.6 Å². The highest BCUT2D eigenvalue weighted by molar-refractivity contribution is 8.01. The first-order valence-electron chi connectivity index (χ1n) is 8.08. The Bertz CT molecular complexity index is 797. The highest BCUT2D eigenvalue weighted by atomic mass is 32.2. The lowest BCUT2D eigenvalue weighted by Gasteiger charge is -2.29. The smallest absolute Gasteiger partial charge is 0.355 e. The molecule has 1 aliphatic heterocycles. The van der Waals surface area contributed by atoms with Crippen molar-refractivity contribution >= 4 is 35.0 Å². The first-order chi connectivity index (χ1) is 12.5. The van der Waals surface area contributed by atoms with Crippen molar-refractivity contribution in [2.45, 2.75) is 29.3 Å². The number of carbonyl (C=O) groups excluding carboxylic acids is 1. The van der Waals surface area contributed by atoms with Crippen LogP contribution < -0.4 is 5.73 Å². The van der Waals surface area contributed by atoms with Crippen molar-refractivity contribution in [1.29, 1.82) is 0 Å². The van der Waals surface area contributed by atoms with Gasteiger partial charge < -0.3 is 15.7 Å². The molecule has 1 aliphatic rings. The molecule has 2 atom stereocenters. The SMILES string of the molecule is NC(c1ccc(F)cc1)[C@H]1CCC(=O)N1CCSc1nc(C(=O)O)cs1. The summed E-state index contributed by atoms with van der Waals surface area (Å²) in [6, 6.07) is 5.55. The second-order valence-electron chi connectivity index (χ2n) is 5.92. The lowest BCUT2D eigenvalue weighted by molar-refractivity contribution is -0.128.